The van der Waals surface area contributed by atoms with E-state index in [9.17, 15) is 14.0 Å². The number of rotatable bonds is 4. The van der Waals surface area contributed by atoms with Crippen LogP contribution in [-0.2, 0) is 9.47 Å². The van der Waals surface area contributed by atoms with E-state index >= 15 is 0 Å². The van der Waals surface area contributed by atoms with Gasteiger partial charge in [0.1, 0.15) is 11.4 Å². The van der Waals surface area contributed by atoms with Crippen LogP contribution in [-0.4, -0.2) is 34.8 Å². The molecule has 0 unspecified atom stereocenters. The van der Waals surface area contributed by atoms with Crippen LogP contribution in [0.5, 0.6) is 0 Å². The van der Waals surface area contributed by atoms with Gasteiger partial charge in [-0.05, 0) is 26.0 Å². The molecular formula is C13H13FN2O4. The Balaban J connectivity index is 2.62. The zero-order valence-electron chi connectivity index (χ0n) is 11.1. The predicted molar refractivity (Wildman–Crippen MR) is 67.1 cm³/mol. The molecule has 0 amide bonds. The Morgan fingerprint density at radius 3 is 2.50 bits per heavy atom. The second-order valence-electron chi connectivity index (χ2n) is 3.84. The van der Waals surface area contributed by atoms with Crippen LogP contribution in [0.25, 0.3) is 5.52 Å². The van der Waals surface area contributed by atoms with Crippen LogP contribution in [0.1, 0.15) is 34.7 Å². The summed E-state index contributed by atoms with van der Waals surface area (Å²) in [6.07, 6.45) is 1.07. The molecule has 7 heteroatoms. The van der Waals surface area contributed by atoms with Crippen molar-refractivity contribution in [3.05, 3.63) is 35.4 Å². The van der Waals surface area contributed by atoms with Gasteiger partial charge in [0, 0.05) is 0 Å². The molecule has 0 spiro atoms. The molecule has 0 aliphatic carbocycles. The molecule has 2 rings (SSSR count). The molecule has 0 atom stereocenters. The Bertz CT molecular complexity index is 666. The lowest BCUT2D eigenvalue weighted by Gasteiger charge is -2.02. The summed E-state index contributed by atoms with van der Waals surface area (Å²) in [5.74, 6) is -1.98. The molecule has 0 radical (unpaired) electrons. The van der Waals surface area contributed by atoms with Crippen LogP contribution < -0.4 is 0 Å². The van der Waals surface area contributed by atoms with Gasteiger partial charge in [-0.25, -0.2) is 18.5 Å². The van der Waals surface area contributed by atoms with Gasteiger partial charge < -0.3 is 9.47 Å². The standard InChI is InChI=1S/C13H13FN2O4/c1-3-19-12(17)10-9-6-5-8(14)7-16(9)15-11(10)13(18)20-4-2/h5-7H,3-4H2,1-2H3. The number of hydrogen-bond donors (Lipinski definition) is 0. The molecule has 0 fully saturated rings. The van der Waals surface area contributed by atoms with Crippen molar-refractivity contribution in [1.29, 1.82) is 0 Å². The maximum absolute atomic E-state index is 13.2. The molecule has 106 valence electrons. The topological polar surface area (TPSA) is 69.9 Å². The second-order valence-corrected chi connectivity index (χ2v) is 3.84. The minimum absolute atomic E-state index is 0.0229. The third kappa shape index (κ3) is 2.47. The number of nitrogens with zero attached hydrogens (tertiary/aromatic N) is 2. The van der Waals surface area contributed by atoms with Crippen LogP contribution >= 0.6 is 0 Å². The molecule has 0 N–H and O–H groups in total. The van der Waals surface area contributed by atoms with Crippen molar-refractivity contribution in [3.8, 4) is 0 Å². The van der Waals surface area contributed by atoms with Gasteiger partial charge in [-0.15, -0.1) is 0 Å². The summed E-state index contributed by atoms with van der Waals surface area (Å²) in [6, 6.07) is 2.53. The van der Waals surface area contributed by atoms with E-state index in [1.807, 2.05) is 0 Å². The Labute approximate surface area is 114 Å². The monoisotopic (exact) mass is 280 g/mol. The predicted octanol–water partition coefficient (Wildman–Crippen LogP) is 1.83. The lowest BCUT2D eigenvalue weighted by atomic mass is 10.2. The third-order valence-corrected chi connectivity index (χ3v) is 2.54. The highest BCUT2D eigenvalue weighted by molar-refractivity contribution is 6.07. The zero-order valence-corrected chi connectivity index (χ0v) is 11.1. The van der Waals surface area contributed by atoms with E-state index in [4.69, 9.17) is 9.47 Å². The van der Waals surface area contributed by atoms with E-state index in [1.165, 1.54) is 12.1 Å². The number of esters is 2. The Kier molecular flexibility index (Phi) is 3.97. The highest BCUT2D eigenvalue weighted by Gasteiger charge is 2.26. The molecule has 0 bridgehead atoms. The Morgan fingerprint density at radius 2 is 1.85 bits per heavy atom. The van der Waals surface area contributed by atoms with Crippen molar-refractivity contribution in [1.82, 2.24) is 9.61 Å². The molecule has 0 aliphatic rings. The van der Waals surface area contributed by atoms with E-state index in [1.54, 1.807) is 13.8 Å². The number of carbonyl (C=O) groups is 2. The molecule has 2 aromatic heterocycles. The van der Waals surface area contributed by atoms with E-state index in [-0.39, 0.29) is 30.0 Å². The highest BCUT2D eigenvalue weighted by atomic mass is 19.1. The van der Waals surface area contributed by atoms with E-state index in [0.717, 1.165) is 10.7 Å². The Hall–Kier alpha value is -2.44. The number of halogens is 1. The van der Waals surface area contributed by atoms with Gasteiger partial charge >= 0.3 is 11.9 Å². The summed E-state index contributed by atoms with van der Waals surface area (Å²) >= 11 is 0. The highest BCUT2D eigenvalue weighted by Crippen LogP contribution is 2.19. The van der Waals surface area contributed by atoms with Crippen molar-refractivity contribution < 1.29 is 23.5 Å². The fourth-order valence-corrected chi connectivity index (χ4v) is 1.77. The Morgan fingerprint density at radius 1 is 1.20 bits per heavy atom. The molecule has 0 aromatic carbocycles. The quantitative estimate of drug-likeness (QED) is 0.799. The average molecular weight is 280 g/mol. The molecule has 0 saturated carbocycles. The largest absolute Gasteiger partial charge is 0.462 e. The first-order valence-corrected chi connectivity index (χ1v) is 6.10. The van der Waals surface area contributed by atoms with Crippen LogP contribution in [0, 0.1) is 5.82 Å². The fraction of sp³-hybridized carbons (Fsp3) is 0.308. The summed E-state index contributed by atoms with van der Waals surface area (Å²) in [4.78, 5) is 23.8. The van der Waals surface area contributed by atoms with Gasteiger partial charge in [-0.3, -0.25) is 0 Å². The minimum Gasteiger partial charge on any atom is -0.462 e. The lowest BCUT2D eigenvalue weighted by Crippen LogP contribution is -2.13. The van der Waals surface area contributed by atoms with Crippen molar-refractivity contribution >= 4 is 17.5 Å². The van der Waals surface area contributed by atoms with Gasteiger partial charge in [0.05, 0.1) is 24.9 Å². The van der Waals surface area contributed by atoms with E-state index in [0.29, 0.717) is 0 Å². The summed E-state index contributed by atoms with van der Waals surface area (Å²) in [6.45, 7) is 3.58. The molecule has 20 heavy (non-hydrogen) atoms. The van der Waals surface area contributed by atoms with Gasteiger partial charge in [-0.2, -0.15) is 5.10 Å². The summed E-state index contributed by atoms with van der Waals surface area (Å²) in [5.41, 5.74) is 0.0779. The average Bonchev–Trinajstić information content (AvgIpc) is 2.77. The van der Waals surface area contributed by atoms with Gasteiger partial charge in [0.25, 0.3) is 0 Å². The SMILES string of the molecule is CCOC(=O)c1nn2cc(F)ccc2c1C(=O)OCC. The molecule has 0 aliphatic heterocycles. The van der Waals surface area contributed by atoms with Crippen molar-refractivity contribution in [2.24, 2.45) is 0 Å². The first-order valence-electron chi connectivity index (χ1n) is 6.10. The van der Waals surface area contributed by atoms with Gasteiger partial charge in [0.15, 0.2) is 5.69 Å². The molecular weight excluding hydrogens is 267 g/mol. The number of carbonyl (C=O) groups excluding carboxylic acids is 2. The second kappa shape index (κ2) is 5.68. The van der Waals surface area contributed by atoms with Crippen LogP contribution in [0.2, 0.25) is 0 Å². The number of fused-ring (bicyclic) bond motifs is 1. The van der Waals surface area contributed by atoms with Crippen molar-refractivity contribution in [2.75, 3.05) is 13.2 Å². The summed E-state index contributed by atoms with van der Waals surface area (Å²) < 4.78 is 24.0. The number of pyridine rings is 1. The smallest absolute Gasteiger partial charge is 0.359 e. The number of hydrogen-bond acceptors (Lipinski definition) is 5. The minimum atomic E-state index is -0.750. The molecule has 6 nitrogen and oxygen atoms in total. The van der Waals surface area contributed by atoms with Crippen molar-refractivity contribution in [3.63, 3.8) is 0 Å². The first-order chi connectivity index (χ1) is 9.58. The zero-order chi connectivity index (χ0) is 14.7. The van der Waals surface area contributed by atoms with Crippen LogP contribution in [0.15, 0.2) is 18.3 Å². The van der Waals surface area contributed by atoms with Crippen molar-refractivity contribution in [2.45, 2.75) is 13.8 Å². The maximum atomic E-state index is 13.2. The first kappa shape index (κ1) is 14.0. The molecule has 2 aromatic rings. The van der Waals surface area contributed by atoms with Gasteiger partial charge in [-0.1, -0.05) is 0 Å². The van der Waals surface area contributed by atoms with Gasteiger partial charge in [0.2, 0.25) is 0 Å². The number of aromatic nitrogens is 2. The van der Waals surface area contributed by atoms with Crippen LogP contribution in [0.3, 0.4) is 0 Å². The maximum Gasteiger partial charge on any atom is 0.359 e. The summed E-state index contributed by atoms with van der Waals surface area (Å²) in [5, 5.41) is 3.90. The summed E-state index contributed by atoms with van der Waals surface area (Å²) in [7, 11) is 0. The normalized spacial score (nSPS) is 10.6. The fourth-order valence-electron chi connectivity index (χ4n) is 1.77. The van der Waals surface area contributed by atoms with E-state index in [2.05, 4.69) is 5.10 Å². The van der Waals surface area contributed by atoms with Crippen LogP contribution in [0.4, 0.5) is 4.39 Å². The molecule has 2 heterocycles. The number of ether oxygens (including phenoxy) is 2. The lowest BCUT2D eigenvalue weighted by molar-refractivity contribution is 0.0476. The van der Waals surface area contributed by atoms with E-state index < -0.39 is 17.8 Å². The third-order valence-electron chi connectivity index (χ3n) is 2.54. The molecule has 0 saturated heterocycles.